The Kier molecular flexibility index (Phi) is 17.2. The van der Waals surface area contributed by atoms with Crippen molar-refractivity contribution in [2.24, 2.45) is 5.14 Å². The number of rotatable bonds is 1. The maximum Gasteiger partial charge on any atom is 0.394 e. The van der Waals surface area contributed by atoms with Crippen LogP contribution in [0.25, 0.3) is 0 Å². The summed E-state index contributed by atoms with van der Waals surface area (Å²) in [5, 5.41) is 4.84. The molecule has 0 unspecified atom stereocenters. The van der Waals surface area contributed by atoms with Gasteiger partial charge in [-0.1, -0.05) is 0 Å². The Balaban J connectivity index is -0.000000157. The van der Waals surface area contributed by atoms with E-state index in [-0.39, 0.29) is 4.90 Å². The summed E-state index contributed by atoms with van der Waals surface area (Å²) in [7, 11) is -22.2. The third-order valence-electron chi connectivity index (χ3n) is 1.21. The van der Waals surface area contributed by atoms with E-state index in [9.17, 15) is 8.42 Å². The van der Waals surface area contributed by atoms with Gasteiger partial charge in [-0.25, -0.2) is 13.6 Å². The maximum atomic E-state index is 10.7. The maximum absolute atomic E-state index is 10.7. The van der Waals surface area contributed by atoms with Gasteiger partial charge in [-0.05, 0) is 24.3 Å². The molecule has 1 aromatic carbocycles. The molecule has 0 heterocycles. The van der Waals surface area contributed by atoms with E-state index >= 15 is 0 Å². The summed E-state index contributed by atoms with van der Waals surface area (Å²) in [5.41, 5.74) is 5.85. The Labute approximate surface area is 175 Å². The zero-order chi connectivity index (χ0) is 26.5. The van der Waals surface area contributed by atoms with E-state index < -0.39 is 51.6 Å². The number of primary sulfonamides is 1. The van der Waals surface area contributed by atoms with Gasteiger partial charge in [0, 0.05) is 5.69 Å². The Bertz CT molecular complexity index is 1010. The molecule has 188 valence electrons. The van der Waals surface area contributed by atoms with Gasteiger partial charge in [0.15, 0.2) is 0 Å². The van der Waals surface area contributed by atoms with Crippen molar-refractivity contribution in [1.29, 1.82) is 0 Å². The molecule has 1 aromatic rings. The lowest BCUT2D eigenvalue weighted by atomic mass is 10.3. The first-order valence-corrected chi connectivity index (χ1v) is 12.8. The summed E-state index contributed by atoms with van der Waals surface area (Å²) in [6, 6.07) is 5.70. The molecule has 1 rings (SSSR count). The van der Waals surface area contributed by atoms with Crippen LogP contribution in [0.15, 0.2) is 29.2 Å². The third-order valence-corrected chi connectivity index (χ3v) is 2.14. The fraction of sp³-hybridized carbons (Fsp3) is 0. The second kappa shape index (κ2) is 14.5. The predicted octanol–water partition coefficient (Wildman–Crippen LogP) is -2.69. The average Bonchev–Trinajstić information content (AvgIpc) is 2.29. The lowest BCUT2D eigenvalue weighted by molar-refractivity contribution is 0.378. The summed E-state index contributed by atoms with van der Waals surface area (Å²) >= 11 is 0. The van der Waals surface area contributed by atoms with E-state index in [2.05, 4.69) is 0 Å². The monoisotopic (exact) mass is 564 g/mol. The fourth-order valence-electron chi connectivity index (χ4n) is 0.658. The highest BCUT2D eigenvalue weighted by Crippen LogP contribution is 2.08. The van der Waals surface area contributed by atoms with Crippen LogP contribution in [0.4, 0.5) is 5.69 Å². The van der Waals surface area contributed by atoms with E-state index in [1.807, 2.05) is 0 Å². The van der Waals surface area contributed by atoms with Crippen LogP contribution < -0.4 is 10.9 Å². The molecule has 0 amide bonds. The second-order valence-corrected chi connectivity index (χ2v) is 9.05. The zero-order valence-corrected chi connectivity index (χ0v) is 18.2. The van der Waals surface area contributed by atoms with Crippen molar-refractivity contribution in [1.82, 2.24) is 0 Å². The largest absolute Gasteiger partial charge is 0.399 e. The number of anilines is 1. The normalized spacial score (nSPS) is 11.5. The van der Waals surface area contributed by atoms with Crippen LogP contribution >= 0.6 is 0 Å². The molecule has 31 heavy (non-hydrogen) atoms. The number of nitrogens with two attached hydrogens (primary N) is 2. The lowest BCUT2D eigenvalue weighted by Gasteiger charge is -1.96. The van der Waals surface area contributed by atoms with Gasteiger partial charge in [0.2, 0.25) is 10.0 Å². The van der Waals surface area contributed by atoms with Crippen molar-refractivity contribution in [3.63, 3.8) is 0 Å². The number of hydrogen-bond acceptors (Lipinski definition) is 11. The van der Waals surface area contributed by atoms with Crippen LogP contribution in [0.1, 0.15) is 0 Å². The molecular formula is C6H16N2O18S5. The highest BCUT2D eigenvalue weighted by molar-refractivity contribution is 7.89. The van der Waals surface area contributed by atoms with E-state index in [0.717, 1.165) is 0 Å². The number of nitrogen functional groups attached to an aromatic ring is 1. The van der Waals surface area contributed by atoms with Crippen molar-refractivity contribution in [2.45, 2.75) is 4.90 Å². The molecule has 0 aliphatic carbocycles. The minimum absolute atomic E-state index is 0.0756. The van der Waals surface area contributed by atoms with Crippen LogP contribution in [0, 0.1) is 0 Å². The molecule has 0 bridgehead atoms. The minimum atomic E-state index is -4.67. The van der Waals surface area contributed by atoms with Gasteiger partial charge < -0.3 is 5.73 Å². The van der Waals surface area contributed by atoms with Gasteiger partial charge in [-0.3, -0.25) is 36.4 Å². The van der Waals surface area contributed by atoms with Crippen molar-refractivity contribution in [3.05, 3.63) is 24.3 Å². The van der Waals surface area contributed by atoms with Gasteiger partial charge >= 0.3 is 41.6 Å². The van der Waals surface area contributed by atoms with Gasteiger partial charge in [-0.15, -0.1) is 0 Å². The average molecular weight is 565 g/mol. The first-order valence-electron chi connectivity index (χ1n) is 5.68. The van der Waals surface area contributed by atoms with Crippen LogP contribution in [-0.4, -0.2) is 78.5 Å². The van der Waals surface area contributed by atoms with Gasteiger partial charge in [-0.2, -0.15) is 33.7 Å². The van der Waals surface area contributed by atoms with E-state index in [4.69, 9.17) is 81.0 Å². The van der Waals surface area contributed by atoms with Crippen LogP contribution in [0.2, 0.25) is 0 Å². The third kappa shape index (κ3) is 95.4. The highest BCUT2D eigenvalue weighted by Gasteiger charge is 2.05. The SMILES string of the molecule is Nc1ccc(S(N)(=O)=O)cc1.O=S(=O)(O)O.O=S(=O)(O)O.O=S(=O)(O)O.O=S(=O)(O)O. The van der Waals surface area contributed by atoms with E-state index in [1.54, 1.807) is 0 Å². The molecule has 0 saturated heterocycles. The molecule has 20 nitrogen and oxygen atoms in total. The molecule has 0 aliphatic heterocycles. The summed E-state index contributed by atoms with van der Waals surface area (Å²) in [6.07, 6.45) is 0. The molecule has 12 N–H and O–H groups in total. The number of sulfonamides is 1. The highest BCUT2D eigenvalue weighted by atomic mass is 32.3. The first-order chi connectivity index (χ1) is 13.0. The van der Waals surface area contributed by atoms with Crippen molar-refractivity contribution in [2.75, 3.05) is 5.73 Å². The molecule has 0 saturated carbocycles. The Morgan fingerprint density at radius 2 is 0.645 bits per heavy atom. The molecule has 0 aliphatic rings. The first kappa shape index (κ1) is 36.8. The molecular weight excluding hydrogens is 548 g/mol. The smallest absolute Gasteiger partial charge is 0.394 e. The number of hydrogen-bond donors (Lipinski definition) is 10. The van der Waals surface area contributed by atoms with Gasteiger partial charge in [0.1, 0.15) is 0 Å². The molecule has 25 heteroatoms. The quantitative estimate of drug-likeness (QED) is 0.122. The minimum Gasteiger partial charge on any atom is -0.399 e. The molecule has 0 fully saturated rings. The Hall–Kier alpha value is -1.59. The summed E-state index contributed by atoms with van der Waals surface area (Å²) in [4.78, 5) is 0.0756. The lowest BCUT2D eigenvalue weighted by Crippen LogP contribution is -2.11. The molecule has 0 atom stereocenters. The van der Waals surface area contributed by atoms with Crippen molar-refractivity contribution < 1.29 is 78.5 Å². The van der Waals surface area contributed by atoms with Crippen LogP contribution in [0.3, 0.4) is 0 Å². The van der Waals surface area contributed by atoms with Gasteiger partial charge in [0.05, 0.1) is 4.90 Å². The summed E-state index contributed by atoms with van der Waals surface area (Å²) < 4.78 is 148. The fourth-order valence-corrected chi connectivity index (χ4v) is 1.17. The van der Waals surface area contributed by atoms with Crippen molar-refractivity contribution in [3.8, 4) is 0 Å². The number of benzene rings is 1. The standard InChI is InChI=1S/C6H8N2O2S.4H2O4S/c7-5-1-3-6(4-2-5)11(8,9)10;4*1-5(2,3)4/h1-4H,7H2,(H2,8,9,10);4*(H2,1,2,3,4). The molecule has 0 radical (unpaired) electrons. The summed E-state index contributed by atoms with van der Waals surface area (Å²) in [5.74, 6) is 0. The van der Waals surface area contributed by atoms with Crippen molar-refractivity contribution >= 4 is 57.3 Å². The zero-order valence-electron chi connectivity index (χ0n) is 14.2. The molecule has 0 aromatic heterocycles. The topological polar surface area (TPSA) is 385 Å². The Morgan fingerprint density at radius 3 is 0.774 bits per heavy atom. The van der Waals surface area contributed by atoms with E-state index in [1.165, 1.54) is 24.3 Å². The Morgan fingerprint density at radius 1 is 0.484 bits per heavy atom. The second-order valence-electron chi connectivity index (χ2n) is 3.91. The van der Waals surface area contributed by atoms with E-state index in [0.29, 0.717) is 5.69 Å². The van der Waals surface area contributed by atoms with Gasteiger partial charge in [0.25, 0.3) is 0 Å². The predicted molar refractivity (Wildman–Crippen MR) is 98.9 cm³/mol. The van der Waals surface area contributed by atoms with Crippen LogP contribution in [-0.2, 0) is 51.6 Å². The summed E-state index contributed by atoms with van der Waals surface area (Å²) in [6.45, 7) is 0. The van der Waals surface area contributed by atoms with Crippen LogP contribution in [0.5, 0.6) is 0 Å². The molecule has 0 spiro atoms.